The maximum Gasteiger partial charge on any atom is 0.195 e. The van der Waals surface area contributed by atoms with Crippen LogP contribution < -0.4 is 0 Å². The zero-order valence-corrected chi connectivity index (χ0v) is 12.1. The average Bonchev–Trinajstić information content (AvgIpc) is 2.11. The summed E-state index contributed by atoms with van der Waals surface area (Å²) in [4.78, 5) is 0. The quantitative estimate of drug-likeness (QED) is 0.611. The van der Waals surface area contributed by atoms with E-state index >= 15 is 0 Å². The van der Waals surface area contributed by atoms with Gasteiger partial charge in [0.15, 0.2) is 8.32 Å². The Labute approximate surface area is 91.4 Å². The van der Waals surface area contributed by atoms with Crippen molar-refractivity contribution in [1.82, 2.24) is 0 Å². The molecule has 0 aliphatic rings. The topological polar surface area (TPSA) is 9.23 Å². The van der Waals surface area contributed by atoms with Crippen molar-refractivity contribution in [1.29, 1.82) is 0 Å². The van der Waals surface area contributed by atoms with E-state index in [2.05, 4.69) is 48.5 Å². The molecule has 2 heteroatoms. The number of rotatable bonds is 5. The highest BCUT2D eigenvalue weighted by Gasteiger charge is 2.39. The summed E-state index contributed by atoms with van der Waals surface area (Å²) < 4.78 is 6.42. The molecule has 0 rings (SSSR count). The van der Waals surface area contributed by atoms with Gasteiger partial charge in [-0.15, -0.1) is 0 Å². The van der Waals surface area contributed by atoms with Gasteiger partial charge in [0.1, 0.15) is 0 Å². The second-order valence-electron chi connectivity index (χ2n) is 5.30. The van der Waals surface area contributed by atoms with Crippen LogP contribution in [0.25, 0.3) is 0 Å². The molecule has 0 saturated heterocycles. The summed E-state index contributed by atoms with van der Waals surface area (Å²) in [6.45, 7) is 15.8. The first-order valence-corrected chi connectivity index (χ1v) is 8.41. The first-order valence-electron chi connectivity index (χ1n) is 6.01. The van der Waals surface area contributed by atoms with Gasteiger partial charge in [0, 0.05) is 5.60 Å². The van der Waals surface area contributed by atoms with Gasteiger partial charge in [-0.05, 0) is 38.4 Å². The first-order chi connectivity index (χ1) is 6.31. The molecule has 0 amide bonds. The Balaban J connectivity index is 4.70. The van der Waals surface area contributed by atoms with Crippen molar-refractivity contribution in [3.63, 3.8) is 0 Å². The van der Waals surface area contributed by atoms with Gasteiger partial charge in [-0.2, -0.15) is 0 Å². The molecule has 0 spiro atoms. The first kappa shape index (κ1) is 14.2. The average molecular weight is 216 g/mol. The lowest BCUT2D eigenvalue weighted by Crippen LogP contribution is -2.46. The molecular weight excluding hydrogens is 188 g/mol. The molecule has 14 heavy (non-hydrogen) atoms. The zero-order valence-electron chi connectivity index (χ0n) is 11.1. The minimum atomic E-state index is -1.48. The van der Waals surface area contributed by atoms with Gasteiger partial charge in [0.25, 0.3) is 0 Å². The molecular formula is C12H28OSi. The van der Waals surface area contributed by atoms with Crippen LogP contribution in [0.15, 0.2) is 0 Å². The monoisotopic (exact) mass is 216 g/mol. The third-order valence-electron chi connectivity index (χ3n) is 3.22. The van der Waals surface area contributed by atoms with E-state index in [9.17, 15) is 0 Å². The Hall–Kier alpha value is 0.177. The van der Waals surface area contributed by atoms with Crippen molar-refractivity contribution in [2.75, 3.05) is 0 Å². The molecule has 0 saturated carbocycles. The maximum atomic E-state index is 6.42. The van der Waals surface area contributed by atoms with E-state index in [1.54, 1.807) is 0 Å². The maximum absolute atomic E-state index is 6.42. The van der Waals surface area contributed by atoms with E-state index < -0.39 is 8.32 Å². The predicted molar refractivity (Wildman–Crippen MR) is 67.3 cm³/mol. The highest BCUT2D eigenvalue weighted by Crippen LogP contribution is 2.36. The molecule has 1 atom stereocenters. The molecule has 0 radical (unpaired) electrons. The lowest BCUT2D eigenvalue weighted by Gasteiger charge is -2.40. The minimum Gasteiger partial charge on any atom is -0.412 e. The Morgan fingerprint density at radius 2 is 1.50 bits per heavy atom. The number of hydrogen-bond acceptors (Lipinski definition) is 1. The van der Waals surface area contributed by atoms with E-state index in [1.807, 2.05) is 0 Å². The van der Waals surface area contributed by atoms with E-state index in [4.69, 9.17) is 4.43 Å². The second kappa shape index (κ2) is 5.31. The third-order valence-corrected chi connectivity index (χ3v) is 8.83. The van der Waals surface area contributed by atoms with Gasteiger partial charge in [-0.1, -0.05) is 34.1 Å². The molecule has 0 N–H and O–H groups in total. The van der Waals surface area contributed by atoms with Crippen molar-refractivity contribution in [2.45, 2.75) is 78.1 Å². The smallest absolute Gasteiger partial charge is 0.195 e. The fourth-order valence-electron chi connectivity index (χ4n) is 2.17. The molecule has 0 bridgehead atoms. The molecule has 0 aliphatic carbocycles. The Morgan fingerprint density at radius 3 is 1.71 bits per heavy atom. The Bertz CT molecular complexity index is 156. The van der Waals surface area contributed by atoms with Crippen LogP contribution in [0.2, 0.25) is 17.6 Å². The van der Waals surface area contributed by atoms with E-state index in [0.717, 1.165) is 5.54 Å². The van der Waals surface area contributed by atoms with Gasteiger partial charge in [0.05, 0.1) is 0 Å². The molecule has 0 aromatic rings. The van der Waals surface area contributed by atoms with Crippen molar-refractivity contribution < 1.29 is 4.43 Å². The van der Waals surface area contributed by atoms with Crippen LogP contribution >= 0.6 is 0 Å². The summed E-state index contributed by atoms with van der Waals surface area (Å²) >= 11 is 0. The van der Waals surface area contributed by atoms with Crippen LogP contribution in [-0.4, -0.2) is 13.9 Å². The van der Waals surface area contributed by atoms with Crippen molar-refractivity contribution in [3.8, 4) is 0 Å². The normalized spacial score (nSPS) is 15.6. The van der Waals surface area contributed by atoms with Gasteiger partial charge in [-0.25, -0.2) is 0 Å². The van der Waals surface area contributed by atoms with Gasteiger partial charge in [-0.3, -0.25) is 0 Å². The summed E-state index contributed by atoms with van der Waals surface area (Å²) in [5, 5.41) is 0. The van der Waals surface area contributed by atoms with Crippen molar-refractivity contribution >= 4 is 8.32 Å². The molecule has 1 unspecified atom stereocenters. The van der Waals surface area contributed by atoms with Crippen LogP contribution in [0.4, 0.5) is 0 Å². The van der Waals surface area contributed by atoms with Gasteiger partial charge >= 0.3 is 0 Å². The van der Waals surface area contributed by atoms with Gasteiger partial charge < -0.3 is 4.43 Å². The minimum absolute atomic E-state index is 0.0294. The van der Waals surface area contributed by atoms with Crippen LogP contribution in [0.3, 0.4) is 0 Å². The summed E-state index contributed by atoms with van der Waals surface area (Å²) in [5.41, 5.74) is 0.804. The third kappa shape index (κ3) is 3.74. The summed E-state index contributed by atoms with van der Waals surface area (Å²) in [5.74, 6) is 0. The Morgan fingerprint density at radius 1 is 1.07 bits per heavy atom. The predicted octanol–water partition coefficient (Wildman–Crippen LogP) is 4.59. The second-order valence-corrected chi connectivity index (χ2v) is 10.0. The summed E-state index contributed by atoms with van der Waals surface area (Å²) in [6.07, 6.45) is 1.25. The molecule has 0 aliphatic heterocycles. The highest BCUT2D eigenvalue weighted by molar-refractivity contribution is 6.75. The number of hydrogen-bond donors (Lipinski definition) is 0. The standard InChI is InChI=1S/C12H28OSi/c1-8-11(4)14(9-2,10-3)13-12(5,6)7/h11H,8-10H2,1-7H3. The van der Waals surface area contributed by atoms with Crippen molar-refractivity contribution in [2.24, 2.45) is 0 Å². The molecule has 0 aromatic heterocycles. The van der Waals surface area contributed by atoms with Crippen LogP contribution in [-0.2, 0) is 4.43 Å². The largest absolute Gasteiger partial charge is 0.412 e. The lowest BCUT2D eigenvalue weighted by molar-refractivity contribution is 0.112. The van der Waals surface area contributed by atoms with E-state index in [0.29, 0.717) is 0 Å². The highest BCUT2D eigenvalue weighted by atomic mass is 28.4. The fourth-order valence-corrected chi connectivity index (χ4v) is 6.52. The van der Waals surface area contributed by atoms with Crippen LogP contribution in [0.5, 0.6) is 0 Å². The molecule has 86 valence electrons. The summed E-state index contributed by atoms with van der Waals surface area (Å²) in [7, 11) is -1.48. The Kier molecular flexibility index (Phi) is 5.38. The van der Waals surface area contributed by atoms with E-state index in [1.165, 1.54) is 18.5 Å². The molecule has 0 heterocycles. The van der Waals surface area contributed by atoms with Gasteiger partial charge in [0.2, 0.25) is 0 Å². The van der Waals surface area contributed by atoms with Crippen molar-refractivity contribution in [3.05, 3.63) is 0 Å². The summed E-state index contributed by atoms with van der Waals surface area (Å²) in [6, 6.07) is 2.49. The van der Waals surface area contributed by atoms with Crippen LogP contribution in [0, 0.1) is 0 Å². The SMILES string of the molecule is CCC(C)[Si](CC)(CC)OC(C)(C)C. The zero-order chi connectivity index (χ0) is 11.4. The molecule has 0 fully saturated rings. The molecule has 1 nitrogen and oxygen atoms in total. The molecule has 0 aromatic carbocycles. The van der Waals surface area contributed by atoms with Crippen LogP contribution in [0.1, 0.15) is 54.9 Å². The fraction of sp³-hybridized carbons (Fsp3) is 1.00. The van der Waals surface area contributed by atoms with E-state index in [-0.39, 0.29) is 5.60 Å². The lowest BCUT2D eigenvalue weighted by atomic mass is 10.2.